The summed E-state index contributed by atoms with van der Waals surface area (Å²) in [6, 6.07) is 11.4. The molecule has 0 aromatic heterocycles. The van der Waals surface area contributed by atoms with Gasteiger partial charge >= 0.3 is 0 Å². The lowest BCUT2D eigenvalue weighted by Gasteiger charge is -2.05. The number of hydrogen-bond donors (Lipinski definition) is 1. The second kappa shape index (κ2) is 6.09. The minimum atomic E-state index is -0.892. The van der Waals surface area contributed by atoms with Crippen molar-refractivity contribution in [3.05, 3.63) is 30.3 Å². The molecule has 1 aromatic carbocycles. The molecular formula is C12H12N2OS. The van der Waals surface area contributed by atoms with Gasteiger partial charge in [0.15, 0.2) is 5.78 Å². The van der Waals surface area contributed by atoms with Crippen LogP contribution < -0.4 is 0 Å². The summed E-state index contributed by atoms with van der Waals surface area (Å²) in [5, 5.41) is 16.1. The summed E-state index contributed by atoms with van der Waals surface area (Å²) in [5.74, 6) is -0.863. The van der Waals surface area contributed by atoms with E-state index in [9.17, 15) is 4.79 Å². The Morgan fingerprint density at radius 1 is 1.50 bits per heavy atom. The van der Waals surface area contributed by atoms with Crippen molar-refractivity contribution in [3.8, 4) is 6.07 Å². The van der Waals surface area contributed by atoms with Crippen molar-refractivity contribution >= 4 is 23.3 Å². The van der Waals surface area contributed by atoms with Gasteiger partial charge in [0.05, 0.1) is 11.8 Å². The van der Waals surface area contributed by atoms with E-state index in [1.807, 2.05) is 36.4 Å². The van der Waals surface area contributed by atoms with Gasteiger partial charge in [0, 0.05) is 10.6 Å². The number of carbonyl (C=O) groups excluding carboxylic acids is 1. The highest BCUT2D eigenvalue weighted by Crippen LogP contribution is 2.18. The van der Waals surface area contributed by atoms with Crippen molar-refractivity contribution < 1.29 is 4.79 Å². The molecule has 0 aliphatic heterocycles. The fourth-order valence-corrected chi connectivity index (χ4v) is 1.99. The van der Waals surface area contributed by atoms with Gasteiger partial charge in [-0.1, -0.05) is 18.2 Å². The van der Waals surface area contributed by atoms with Gasteiger partial charge in [0.1, 0.15) is 5.92 Å². The van der Waals surface area contributed by atoms with Gasteiger partial charge < -0.3 is 5.41 Å². The number of Topliss-reactive ketones (excluding diaryl/α,β-unsaturated/α-hetero) is 1. The highest BCUT2D eigenvalue weighted by molar-refractivity contribution is 8.00. The zero-order chi connectivity index (χ0) is 12.0. The maximum atomic E-state index is 11.6. The van der Waals surface area contributed by atoms with E-state index in [2.05, 4.69) is 0 Å². The molecule has 0 heterocycles. The summed E-state index contributed by atoms with van der Waals surface area (Å²) < 4.78 is 0. The van der Waals surface area contributed by atoms with Crippen LogP contribution in [-0.2, 0) is 4.79 Å². The Kier molecular flexibility index (Phi) is 4.74. The van der Waals surface area contributed by atoms with Crippen molar-refractivity contribution in [1.82, 2.24) is 0 Å². The lowest BCUT2D eigenvalue weighted by atomic mass is 10.0. The molecule has 1 aromatic rings. The molecule has 1 N–H and O–H groups in total. The molecule has 16 heavy (non-hydrogen) atoms. The fourth-order valence-electron chi connectivity index (χ4n) is 1.16. The molecule has 0 aliphatic rings. The quantitative estimate of drug-likeness (QED) is 0.626. The number of rotatable bonds is 5. The van der Waals surface area contributed by atoms with Gasteiger partial charge in [0.25, 0.3) is 0 Å². The van der Waals surface area contributed by atoms with Crippen LogP contribution in [0.15, 0.2) is 35.2 Å². The van der Waals surface area contributed by atoms with Crippen molar-refractivity contribution in [2.45, 2.75) is 11.8 Å². The van der Waals surface area contributed by atoms with Gasteiger partial charge in [-0.05, 0) is 19.1 Å². The van der Waals surface area contributed by atoms with Gasteiger partial charge in [-0.25, -0.2) is 0 Å². The van der Waals surface area contributed by atoms with Crippen LogP contribution >= 0.6 is 11.8 Å². The summed E-state index contributed by atoms with van der Waals surface area (Å²) in [7, 11) is 0. The number of thioether (sulfide) groups is 1. The van der Waals surface area contributed by atoms with Gasteiger partial charge in [-0.3, -0.25) is 4.79 Å². The number of nitrogens with zero attached hydrogens (tertiary/aromatic N) is 1. The Morgan fingerprint density at radius 3 is 2.62 bits per heavy atom. The van der Waals surface area contributed by atoms with Crippen molar-refractivity contribution in [3.63, 3.8) is 0 Å². The predicted molar refractivity (Wildman–Crippen MR) is 64.7 cm³/mol. The van der Waals surface area contributed by atoms with Crippen LogP contribution in [0.3, 0.4) is 0 Å². The molecular weight excluding hydrogens is 220 g/mol. The number of benzene rings is 1. The fraction of sp³-hybridized carbons (Fsp3) is 0.250. The first kappa shape index (κ1) is 12.5. The van der Waals surface area contributed by atoms with Crippen LogP contribution in [0.1, 0.15) is 6.92 Å². The smallest absolute Gasteiger partial charge is 0.165 e. The predicted octanol–water partition coefficient (Wildman–Crippen LogP) is 2.53. The largest absolute Gasteiger partial charge is 0.308 e. The number of hydrogen-bond acceptors (Lipinski definition) is 4. The van der Waals surface area contributed by atoms with Crippen molar-refractivity contribution in [2.75, 3.05) is 5.75 Å². The summed E-state index contributed by atoms with van der Waals surface area (Å²) in [6.45, 7) is 1.49. The van der Waals surface area contributed by atoms with Crippen LogP contribution in [0.25, 0.3) is 0 Å². The SMILES string of the molecule is CC(=N)C(C#N)C(=O)CSc1ccccc1. The first-order valence-electron chi connectivity index (χ1n) is 4.80. The van der Waals surface area contributed by atoms with Gasteiger partial charge in [-0.15, -0.1) is 11.8 Å². The maximum Gasteiger partial charge on any atom is 0.165 e. The second-order valence-corrected chi connectivity index (χ2v) is 4.36. The molecule has 4 heteroatoms. The van der Waals surface area contributed by atoms with Crippen LogP contribution in [0.5, 0.6) is 0 Å². The molecule has 1 atom stereocenters. The summed E-state index contributed by atoms with van der Waals surface area (Å²) in [6.07, 6.45) is 0. The minimum absolute atomic E-state index is 0.112. The average molecular weight is 232 g/mol. The molecule has 0 aliphatic carbocycles. The molecule has 1 unspecified atom stereocenters. The maximum absolute atomic E-state index is 11.6. The highest BCUT2D eigenvalue weighted by Gasteiger charge is 2.19. The van der Waals surface area contributed by atoms with E-state index in [1.54, 1.807) is 0 Å². The Balaban J connectivity index is 2.54. The number of nitrogens with one attached hydrogen (secondary N) is 1. The zero-order valence-electron chi connectivity index (χ0n) is 8.93. The molecule has 0 saturated carbocycles. The monoisotopic (exact) mass is 232 g/mol. The third kappa shape index (κ3) is 3.52. The second-order valence-electron chi connectivity index (χ2n) is 3.31. The standard InChI is InChI=1S/C12H12N2OS/c1-9(14)11(7-13)12(15)8-16-10-5-3-2-4-6-10/h2-6,11,14H,8H2,1H3. The van der Waals surface area contributed by atoms with Gasteiger partial charge in [-0.2, -0.15) is 5.26 Å². The molecule has 0 fully saturated rings. The third-order valence-corrected chi connectivity index (χ3v) is 3.04. The molecule has 0 amide bonds. The third-order valence-electron chi connectivity index (χ3n) is 2.01. The van der Waals surface area contributed by atoms with E-state index in [4.69, 9.17) is 10.7 Å². The minimum Gasteiger partial charge on any atom is -0.308 e. The normalized spacial score (nSPS) is 11.5. The van der Waals surface area contributed by atoms with Crippen LogP contribution in [0, 0.1) is 22.7 Å². The number of ketones is 1. The van der Waals surface area contributed by atoms with E-state index in [1.165, 1.54) is 18.7 Å². The Morgan fingerprint density at radius 2 is 2.12 bits per heavy atom. The Labute approximate surface area is 99.0 Å². The molecule has 82 valence electrons. The molecule has 0 saturated heterocycles. The summed E-state index contributed by atoms with van der Waals surface area (Å²) in [5.41, 5.74) is 0.112. The van der Waals surface area contributed by atoms with Crippen molar-refractivity contribution in [2.24, 2.45) is 5.92 Å². The zero-order valence-corrected chi connectivity index (χ0v) is 9.75. The summed E-state index contributed by atoms with van der Waals surface area (Å²) >= 11 is 1.39. The number of carbonyl (C=O) groups is 1. The molecule has 1 rings (SSSR count). The summed E-state index contributed by atoms with van der Waals surface area (Å²) in [4.78, 5) is 12.6. The lowest BCUT2D eigenvalue weighted by molar-refractivity contribution is -0.117. The Hall–Kier alpha value is -1.60. The first-order valence-corrected chi connectivity index (χ1v) is 5.79. The van der Waals surface area contributed by atoms with E-state index >= 15 is 0 Å². The highest BCUT2D eigenvalue weighted by atomic mass is 32.2. The van der Waals surface area contributed by atoms with Crippen LogP contribution in [0.4, 0.5) is 0 Å². The molecule has 0 spiro atoms. The first-order chi connectivity index (χ1) is 7.65. The van der Waals surface area contributed by atoms with E-state index in [0.717, 1.165) is 4.90 Å². The van der Waals surface area contributed by atoms with E-state index < -0.39 is 5.92 Å². The molecule has 3 nitrogen and oxygen atoms in total. The van der Waals surface area contributed by atoms with E-state index in [-0.39, 0.29) is 17.2 Å². The molecule has 0 radical (unpaired) electrons. The van der Waals surface area contributed by atoms with Crippen LogP contribution in [-0.4, -0.2) is 17.2 Å². The number of nitriles is 1. The van der Waals surface area contributed by atoms with Gasteiger partial charge in [0.2, 0.25) is 0 Å². The van der Waals surface area contributed by atoms with E-state index in [0.29, 0.717) is 0 Å². The molecule has 0 bridgehead atoms. The van der Waals surface area contributed by atoms with Crippen LogP contribution in [0.2, 0.25) is 0 Å². The Bertz CT molecular complexity index is 422. The lowest BCUT2D eigenvalue weighted by Crippen LogP contribution is -2.21. The van der Waals surface area contributed by atoms with Crippen molar-refractivity contribution in [1.29, 1.82) is 10.7 Å². The topological polar surface area (TPSA) is 64.7 Å². The average Bonchev–Trinajstić information content (AvgIpc) is 2.28.